The fraction of sp³-hybridized carbons (Fsp3) is 0.636. The molecule has 0 atom stereocenters. The van der Waals surface area contributed by atoms with E-state index in [1.165, 1.54) is 0 Å². The van der Waals surface area contributed by atoms with Crippen molar-refractivity contribution in [3.8, 4) is 23.3 Å². The van der Waals surface area contributed by atoms with Gasteiger partial charge < -0.3 is 0 Å². The molecule has 0 nitrogen and oxygen atoms in total. The Bertz CT molecular complexity index is 241. The van der Waals surface area contributed by atoms with E-state index in [1.807, 2.05) is 0 Å². The van der Waals surface area contributed by atoms with E-state index in [0.717, 1.165) is 25.1 Å². The van der Waals surface area contributed by atoms with Crippen LogP contribution >= 0.6 is 11.6 Å². The maximum atomic E-state index is 5.53. The second-order valence-electron chi connectivity index (χ2n) is 3.95. The van der Waals surface area contributed by atoms with Gasteiger partial charge in [0.25, 0.3) is 0 Å². The minimum absolute atomic E-state index is 0.738. The summed E-state index contributed by atoms with van der Waals surface area (Å²) in [6.45, 7) is 6.65. The van der Waals surface area contributed by atoms with Crippen molar-refractivity contribution in [2.45, 2.75) is 38.9 Å². The van der Waals surface area contributed by atoms with Gasteiger partial charge in [0.1, 0.15) is 8.07 Å². The molecule has 0 fully saturated rings. The molecule has 0 radical (unpaired) electrons. The maximum Gasteiger partial charge on any atom is 0.130 e. The van der Waals surface area contributed by atoms with Crippen molar-refractivity contribution in [2.75, 3.05) is 5.88 Å². The summed E-state index contributed by atoms with van der Waals surface area (Å²) < 4.78 is 0. The molecule has 0 aliphatic heterocycles. The Morgan fingerprint density at radius 3 is 2.31 bits per heavy atom. The molecule has 0 N–H and O–H groups in total. The topological polar surface area (TPSA) is 0 Å². The minimum Gasteiger partial charge on any atom is -0.127 e. The predicted octanol–water partition coefficient (Wildman–Crippen LogP) is 3.28. The van der Waals surface area contributed by atoms with E-state index in [9.17, 15) is 0 Å². The first kappa shape index (κ1) is 12.6. The van der Waals surface area contributed by atoms with E-state index in [4.69, 9.17) is 11.6 Å². The van der Waals surface area contributed by atoms with Crippen LogP contribution < -0.4 is 0 Å². The van der Waals surface area contributed by atoms with Gasteiger partial charge in [0.05, 0.1) is 0 Å². The van der Waals surface area contributed by atoms with Crippen LogP contribution in [0.3, 0.4) is 0 Å². The van der Waals surface area contributed by atoms with Gasteiger partial charge in [-0.05, 0) is 24.7 Å². The first-order valence-electron chi connectivity index (χ1n) is 4.62. The van der Waals surface area contributed by atoms with Gasteiger partial charge in [0.15, 0.2) is 0 Å². The van der Waals surface area contributed by atoms with Crippen LogP contribution in [0.25, 0.3) is 0 Å². The molecule has 0 aliphatic rings. The summed E-state index contributed by atoms with van der Waals surface area (Å²) in [4.78, 5) is 0. The summed E-state index contributed by atoms with van der Waals surface area (Å²) in [7, 11) is -1.22. The van der Waals surface area contributed by atoms with Gasteiger partial charge in [-0.3, -0.25) is 0 Å². The molecule has 0 saturated carbocycles. The third-order valence-corrected chi connectivity index (χ3v) is 2.42. The Kier molecular flexibility index (Phi) is 6.87. The lowest BCUT2D eigenvalue weighted by Crippen LogP contribution is -2.16. The zero-order valence-electron chi connectivity index (χ0n) is 8.71. The highest BCUT2D eigenvalue weighted by Gasteiger charge is 2.06. The Morgan fingerprint density at radius 2 is 1.77 bits per heavy atom. The molecule has 72 valence electrons. The number of alkyl halides is 1. The smallest absolute Gasteiger partial charge is 0.127 e. The number of unbranched alkanes of at least 4 members (excludes halogenated alkanes) is 2. The molecule has 2 heteroatoms. The van der Waals surface area contributed by atoms with Gasteiger partial charge in [0.2, 0.25) is 0 Å². The average molecular weight is 213 g/mol. The van der Waals surface area contributed by atoms with E-state index < -0.39 is 8.07 Å². The molecule has 0 aromatic heterocycles. The average Bonchev–Trinajstić information content (AvgIpc) is 2.01. The van der Waals surface area contributed by atoms with E-state index in [0.29, 0.717) is 0 Å². The summed E-state index contributed by atoms with van der Waals surface area (Å²) in [5.41, 5.74) is 3.20. The van der Waals surface area contributed by atoms with Gasteiger partial charge in [-0.1, -0.05) is 25.6 Å². The van der Waals surface area contributed by atoms with Crippen molar-refractivity contribution in [3.63, 3.8) is 0 Å². The van der Waals surface area contributed by atoms with Crippen LogP contribution in [0, 0.1) is 23.3 Å². The van der Waals surface area contributed by atoms with E-state index >= 15 is 0 Å². The quantitative estimate of drug-likeness (QED) is 0.292. The number of rotatable bonds is 3. The van der Waals surface area contributed by atoms with Crippen molar-refractivity contribution in [1.82, 2.24) is 0 Å². The van der Waals surface area contributed by atoms with Crippen LogP contribution in [0.15, 0.2) is 0 Å². The Morgan fingerprint density at radius 1 is 1.08 bits per heavy atom. The predicted molar refractivity (Wildman–Crippen MR) is 63.5 cm³/mol. The number of hydrogen-bond donors (Lipinski definition) is 0. The number of hydrogen-bond acceptors (Lipinski definition) is 0. The Labute approximate surface area is 88.1 Å². The first-order chi connectivity index (χ1) is 6.06. The van der Waals surface area contributed by atoms with E-state index in [-0.39, 0.29) is 0 Å². The summed E-state index contributed by atoms with van der Waals surface area (Å²) in [6, 6.07) is 0. The molecule has 0 aliphatic carbocycles. The van der Waals surface area contributed by atoms with Gasteiger partial charge in [0, 0.05) is 12.3 Å². The van der Waals surface area contributed by atoms with Crippen molar-refractivity contribution < 1.29 is 0 Å². The van der Waals surface area contributed by atoms with Crippen LogP contribution in [0.2, 0.25) is 19.6 Å². The van der Waals surface area contributed by atoms with Crippen molar-refractivity contribution in [2.24, 2.45) is 0 Å². The van der Waals surface area contributed by atoms with Crippen LogP contribution in [0.5, 0.6) is 0 Å². The highest BCUT2D eigenvalue weighted by Crippen LogP contribution is 1.96. The monoisotopic (exact) mass is 212 g/mol. The lowest BCUT2D eigenvalue weighted by atomic mass is 10.2. The SMILES string of the molecule is C[Si](C)(C)C#CC#CCCCCCl. The maximum absolute atomic E-state index is 5.53. The third-order valence-electron chi connectivity index (χ3n) is 1.27. The summed E-state index contributed by atoms with van der Waals surface area (Å²) in [6.07, 6.45) is 3.07. The van der Waals surface area contributed by atoms with Gasteiger partial charge in [-0.2, -0.15) is 0 Å². The minimum atomic E-state index is -1.22. The molecule has 0 aromatic carbocycles. The first-order valence-corrected chi connectivity index (χ1v) is 8.66. The zero-order valence-corrected chi connectivity index (χ0v) is 10.5. The Hall–Kier alpha value is -0.373. The molecular weight excluding hydrogens is 196 g/mol. The molecule has 0 rings (SSSR count). The van der Waals surface area contributed by atoms with Crippen molar-refractivity contribution in [3.05, 3.63) is 0 Å². The van der Waals surface area contributed by atoms with E-state index in [2.05, 4.69) is 42.9 Å². The van der Waals surface area contributed by atoms with Crippen LogP contribution in [0.1, 0.15) is 19.3 Å². The summed E-state index contributed by atoms with van der Waals surface area (Å²) >= 11 is 5.53. The van der Waals surface area contributed by atoms with Gasteiger partial charge in [-0.15, -0.1) is 17.1 Å². The molecule has 0 aromatic rings. The summed E-state index contributed by atoms with van der Waals surface area (Å²) in [5, 5.41) is 0. The van der Waals surface area contributed by atoms with Crippen molar-refractivity contribution >= 4 is 19.7 Å². The van der Waals surface area contributed by atoms with Gasteiger partial charge >= 0.3 is 0 Å². The molecular formula is C11H17ClSi. The lowest BCUT2D eigenvalue weighted by molar-refractivity contribution is 0.833. The molecule has 0 saturated heterocycles. The van der Waals surface area contributed by atoms with Crippen LogP contribution in [-0.2, 0) is 0 Å². The highest BCUT2D eigenvalue weighted by atomic mass is 35.5. The van der Waals surface area contributed by atoms with Crippen molar-refractivity contribution in [1.29, 1.82) is 0 Å². The normalized spacial score (nSPS) is 9.54. The largest absolute Gasteiger partial charge is 0.130 e. The molecule has 0 heterocycles. The Balaban J connectivity index is 3.65. The molecule has 13 heavy (non-hydrogen) atoms. The molecule has 0 amide bonds. The third kappa shape index (κ3) is 11.6. The molecule has 0 bridgehead atoms. The zero-order chi connectivity index (χ0) is 10.2. The molecule has 0 spiro atoms. The van der Waals surface area contributed by atoms with E-state index in [1.54, 1.807) is 0 Å². The fourth-order valence-corrected chi connectivity index (χ4v) is 1.26. The standard InChI is InChI=1S/C11H17ClSi/c1-13(2,3)11-9-7-5-4-6-8-10-12/h4,6,8,10H2,1-3H3. The molecule has 0 unspecified atom stereocenters. The van der Waals surface area contributed by atoms with Crippen LogP contribution in [0.4, 0.5) is 0 Å². The lowest BCUT2D eigenvalue weighted by Gasteiger charge is -2.01. The van der Waals surface area contributed by atoms with Gasteiger partial charge in [-0.25, -0.2) is 0 Å². The highest BCUT2D eigenvalue weighted by molar-refractivity contribution is 6.83. The fourth-order valence-electron chi connectivity index (χ4n) is 0.633. The second kappa shape index (κ2) is 7.07. The number of halogens is 1. The van der Waals surface area contributed by atoms with Crippen LogP contribution in [-0.4, -0.2) is 14.0 Å². The second-order valence-corrected chi connectivity index (χ2v) is 9.08. The summed E-state index contributed by atoms with van der Waals surface area (Å²) in [5.74, 6) is 9.57.